The Kier molecular flexibility index (Phi) is 3.39. The molecule has 15 heavy (non-hydrogen) atoms. The zero-order valence-corrected chi connectivity index (χ0v) is 9.21. The van der Waals surface area contributed by atoms with Crippen LogP contribution in [0.4, 0.5) is 0 Å². The third-order valence-corrected chi connectivity index (χ3v) is 3.44. The zero-order chi connectivity index (χ0) is 10.6. The maximum absolute atomic E-state index is 5.65. The summed E-state index contributed by atoms with van der Waals surface area (Å²) in [6, 6.07) is 10.6. The van der Waals surface area contributed by atoms with E-state index in [0.29, 0.717) is 5.54 Å². The van der Waals surface area contributed by atoms with E-state index in [2.05, 4.69) is 35.6 Å². The van der Waals surface area contributed by atoms with Crippen LogP contribution in [0.3, 0.4) is 0 Å². The molecule has 1 aromatic carbocycles. The quantitative estimate of drug-likeness (QED) is 0.770. The minimum atomic E-state index is 0.352. The van der Waals surface area contributed by atoms with Gasteiger partial charge >= 0.3 is 0 Å². The highest BCUT2D eigenvalue weighted by Gasteiger charge is 2.35. The van der Waals surface area contributed by atoms with Crippen molar-refractivity contribution in [3.05, 3.63) is 35.9 Å². The first kappa shape index (κ1) is 10.7. The Hall–Kier alpha value is -0.860. The minimum Gasteiger partial charge on any atom is -0.330 e. The molecule has 0 unspecified atom stereocenters. The van der Waals surface area contributed by atoms with Gasteiger partial charge < -0.3 is 11.1 Å². The van der Waals surface area contributed by atoms with Gasteiger partial charge in [-0.15, -0.1) is 0 Å². The topological polar surface area (TPSA) is 38.0 Å². The second-order valence-electron chi connectivity index (χ2n) is 4.51. The molecule has 0 amide bonds. The average Bonchev–Trinajstić information content (AvgIpc) is 2.23. The minimum absolute atomic E-state index is 0.352. The zero-order valence-electron chi connectivity index (χ0n) is 9.21. The van der Waals surface area contributed by atoms with Gasteiger partial charge in [0, 0.05) is 12.1 Å². The van der Waals surface area contributed by atoms with E-state index in [9.17, 15) is 0 Å². The smallest absolute Gasteiger partial charge is 0.0210 e. The van der Waals surface area contributed by atoms with Crippen LogP contribution in [0.15, 0.2) is 30.3 Å². The molecule has 0 heterocycles. The van der Waals surface area contributed by atoms with Gasteiger partial charge in [0.1, 0.15) is 0 Å². The summed E-state index contributed by atoms with van der Waals surface area (Å²) in [5.41, 5.74) is 7.37. The van der Waals surface area contributed by atoms with Crippen molar-refractivity contribution in [1.82, 2.24) is 5.32 Å². The lowest BCUT2D eigenvalue weighted by atomic mass is 9.74. The molecule has 1 aromatic rings. The van der Waals surface area contributed by atoms with Crippen molar-refractivity contribution in [2.75, 3.05) is 6.54 Å². The van der Waals surface area contributed by atoms with Crippen LogP contribution in [0.2, 0.25) is 0 Å². The van der Waals surface area contributed by atoms with Gasteiger partial charge in [-0.2, -0.15) is 0 Å². The Bertz CT molecular complexity index is 291. The van der Waals surface area contributed by atoms with Crippen LogP contribution in [-0.2, 0) is 6.54 Å². The maximum atomic E-state index is 5.65. The third-order valence-electron chi connectivity index (χ3n) is 3.44. The van der Waals surface area contributed by atoms with Crippen molar-refractivity contribution in [2.45, 2.75) is 37.8 Å². The lowest BCUT2D eigenvalue weighted by Gasteiger charge is -2.43. The standard InChI is InChI=1S/C13H20N2/c14-10-9-13(7-4-8-13)15-11-12-5-2-1-3-6-12/h1-3,5-6,15H,4,7-11,14H2. The largest absolute Gasteiger partial charge is 0.330 e. The predicted octanol–water partition coefficient (Wildman–Crippen LogP) is 2.05. The fourth-order valence-electron chi connectivity index (χ4n) is 2.28. The predicted molar refractivity (Wildman–Crippen MR) is 63.5 cm³/mol. The highest BCUT2D eigenvalue weighted by Crippen LogP contribution is 2.34. The van der Waals surface area contributed by atoms with Gasteiger partial charge in [-0.05, 0) is 37.8 Å². The van der Waals surface area contributed by atoms with Gasteiger partial charge in [0.25, 0.3) is 0 Å². The van der Waals surface area contributed by atoms with E-state index < -0.39 is 0 Å². The van der Waals surface area contributed by atoms with Crippen molar-refractivity contribution in [3.8, 4) is 0 Å². The summed E-state index contributed by atoms with van der Waals surface area (Å²) in [6.45, 7) is 1.77. The molecular weight excluding hydrogens is 184 g/mol. The Morgan fingerprint density at radius 2 is 1.93 bits per heavy atom. The number of rotatable bonds is 5. The molecule has 3 N–H and O–H groups in total. The summed E-state index contributed by atoms with van der Waals surface area (Å²) in [7, 11) is 0. The highest BCUT2D eigenvalue weighted by molar-refractivity contribution is 5.15. The van der Waals surface area contributed by atoms with Gasteiger partial charge in [-0.25, -0.2) is 0 Å². The Morgan fingerprint density at radius 3 is 2.47 bits per heavy atom. The molecule has 0 aromatic heterocycles. The molecule has 1 fully saturated rings. The number of benzene rings is 1. The number of hydrogen-bond acceptors (Lipinski definition) is 2. The first-order valence-electron chi connectivity index (χ1n) is 5.84. The Morgan fingerprint density at radius 1 is 1.20 bits per heavy atom. The van der Waals surface area contributed by atoms with Crippen molar-refractivity contribution in [2.24, 2.45) is 5.73 Å². The molecule has 1 saturated carbocycles. The second-order valence-corrected chi connectivity index (χ2v) is 4.51. The van der Waals surface area contributed by atoms with Gasteiger partial charge in [-0.3, -0.25) is 0 Å². The van der Waals surface area contributed by atoms with Gasteiger partial charge in [-0.1, -0.05) is 30.3 Å². The SMILES string of the molecule is NCCC1(NCc2ccccc2)CCC1. The van der Waals surface area contributed by atoms with E-state index in [0.717, 1.165) is 19.5 Å². The van der Waals surface area contributed by atoms with Crippen molar-refractivity contribution in [1.29, 1.82) is 0 Å². The van der Waals surface area contributed by atoms with Crippen LogP contribution in [0.5, 0.6) is 0 Å². The fourth-order valence-corrected chi connectivity index (χ4v) is 2.28. The molecule has 0 saturated heterocycles. The molecule has 2 heteroatoms. The molecule has 0 radical (unpaired) electrons. The number of nitrogens with two attached hydrogens (primary N) is 1. The molecule has 0 bridgehead atoms. The summed E-state index contributed by atoms with van der Waals surface area (Å²) < 4.78 is 0. The van der Waals surface area contributed by atoms with Crippen LogP contribution in [0, 0.1) is 0 Å². The van der Waals surface area contributed by atoms with Gasteiger partial charge in [0.2, 0.25) is 0 Å². The van der Waals surface area contributed by atoms with Gasteiger partial charge in [0.05, 0.1) is 0 Å². The van der Waals surface area contributed by atoms with Crippen molar-refractivity contribution in [3.63, 3.8) is 0 Å². The van der Waals surface area contributed by atoms with Crippen LogP contribution in [0.25, 0.3) is 0 Å². The Balaban J connectivity index is 1.86. The van der Waals surface area contributed by atoms with E-state index in [-0.39, 0.29) is 0 Å². The molecule has 0 atom stereocenters. The molecule has 82 valence electrons. The summed E-state index contributed by atoms with van der Waals surface area (Å²) in [5, 5.41) is 3.67. The van der Waals surface area contributed by atoms with E-state index in [1.165, 1.54) is 24.8 Å². The Labute approximate surface area is 91.9 Å². The van der Waals surface area contributed by atoms with Crippen molar-refractivity contribution >= 4 is 0 Å². The van der Waals surface area contributed by atoms with Crippen LogP contribution in [-0.4, -0.2) is 12.1 Å². The fraction of sp³-hybridized carbons (Fsp3) is 0.538. The van der Waals surface area contributed by atoms with E-state index in [4.69, 9.17) is 5.73 Å². The van der Waals surface area contributed by atoms with E-state index in [1.807, 2.05) is 0 Å². The van der Waals surface area contributed by atoms with Crippen molar-refractivity contribution < 1.29 is 0 Å². The van der Waals surface area contributed by atoms with E-state index >= 15 is 0 Å². The summed E-state index contributed by atoms with van der Waals surface area (Å²) in [5.74, 6) is 0. The highest BCUT2D eigenvalue weighted by atomic mass is 15.0. The second kappa shape index (κ2) is 4.77. The molecule has 1 aliphatic rings. The molecule has 1 aliphatic carbocycles. The van der Waals surface area contributed by atoms with Gasteiger partial charge in [0.15, 0.2) is 0 Å². The summed E-state index contributed by atoms with van der Waals surface area (Å²) in [6.07, 6.45) is 5.04. The molecule has 0 spiro atoms. The average molecular weight is 204 g/mol. The summed E-state index contributed by atoms with van der Waals surface area (Å²) >= 11 is 0. The normalized spacial score (nSPS) is 18.5. The van der Waals surface area contributed by atoms with E-state index in [1.54, 1.807) is 0 Å². The summed E-state index contributed by atoms with van der Waals surface area (Å²) in [4.78, 5) is 0. The first-order valence-corrected chi connectivity index (χ1v) is 5.84. The first-order chi connectivity index (χ1) is 7.35. The number of hydrogen-bond donors (Lipinski definition) is 2. The maximum Gasteiger partial charge on any atom is 0.0210 e. The molecule has 2 rings (SSSR count). The lowest BCUT2D eigenvalue weighted by molar-refractivity contribution is 0.171. The lowest BCUT2D eigenvalue weighted by Crippen LogP contribution is -2.51. The molecule has 2 nitrogen and oxygen atoms in total. The molecular formula is C13H20N2. The van der Waals surface area contributed by atoms with Crippen LogP contribution >= 0.6 is 0 Å². The molecule has 0 aliphatic heterocycles. The van der Waals surface area contributed by atoms with Crippen LogP contribution < -0.4 is 11.1 Å². The monoisotopic (exact) mass is 204 g/mol. The third kappa shape index (κ3) is 2.58. The van der Waals surface area contributed by atoms with Crippen LogP contribution in [0.1, 0.15) is 31.2 Å². The number of nitrogens with one attached hydrogen (secondary N) is 1.